The Bertz CT molecular complexity index is 644. The molecular weight excluding hydrogens is 290 g/mol. The number of nitrogens with zero attached hydrogens (tertiary/aromatic N) is 3. The normalized spacial score (nSPS) is 26.3. The van der Waals surface area contributed by atoms with Crippen LogP contribution in [0.5, 0.6) is 5.88 Å². The number of benzene rings is 1. The van der Waals surface area contributed by atoms with E-state index in [1.807, 2.05) is 24.3 Å². The molecule has 2 aliphatic rings. The summed E-state index contributed by atoms with van der Waals surface area (Å²) < 4.78 is 11.7. The van der Waals surface area contributed by atoms with Crippen LogP contribution in [-0.4, -0.2) is 53.3 Å². The molecule has 5 heteroatoms. The largest absolute Gasteiger partial charge is 0.474 e. The molecule has 0 radical (unpaired) electrons. The molecule has 0 atom stereocenters. The summed E-state index contributed by atoms with van der Waals surface area (Å²) >= 11 is 0. The Morgan fingerprint density at radius 2 is 1.78 bits per heavy atom. The van der Waals surface area contributed by atoms with Gasteiger partial charge in [0, 0.05) is 19.1 Å². The Labute approximate surface area is 136 Å². The van der Waals surface area contributed by atoms with Gasteiger partial charge in [0.15, 0.2) is 0 Å². The smallest absolute Gasteiger partial charge is 0.224 e. The highest BCUT2D eigenvalue weighted by molar-refractivity contribution is 5.82. The first-order valence-corrected chi connectivity index (χ1v) is 8.58. The zero-order valence-electron chi connectivity index (χ0n) is 13.4. The van der Waals surface area contributed by atoms with Gasteiger partial charge in [-0.2, -0.15) is 0 Å². The maximum absolute atomic E-state index is 6.21. The molecule has 0 spiro atoms. The number of hydrogen-bond donors (Lipinski definition) is 0. The molecule has 5 nitrogen and oxygen atoms in total. The van der Waals surface area contributed by atoms with Crippen molar-refractivity contribution in [2.45, 2.75) is 37.8 Å². The van der Waals surface area contributed by atoms with Crippen molar-refractivity contribution < 1.29 is 9.47 Å². The SMILES string of the molecule is c1ccc2c(OC3CCC(N4CCOCC4)CC3)ncnc2c1. The lowest BCUT2D eigenvalue weighted by Crippen LogP contribution is -2.46. The minimum atomic E-state index is 0.269. The summed E-state index contributed by atoms with van der Waals surface area (Å²) in [6, 6.07) is 8.73. The zero-order chi connectivity index (χ0) is 15.5. The van der Waals surface area contributed by atoms with Gasteiger partial charge in [0.2, 0.25) is 5.88 Å². The van der Waals surface area contributed by atoms with E-state index in [4.69, 9.17) is 9.47 Å². The zero-order valence-corrected chi connectivity index (χ0v) is 13.4. The van der Waals surface area contributed by atoms with E-state index in [1.54, 1.807) is 6.33 Å². The Morgan fingerprint density at radius 3 is 2.61 bits per heavy atom. The van der Waals surface area contributed by atoms with Gasteiger partial charge < -0.3 is 9.47 Å². The van der Waals surface area contributed by atoms with Gasteiger partial charge in [-0.15, -0.1) is 0 Å². The lowest BCUT2D eigenvalue weighted by molar-refractivity contribution is -0.00126. The molecule has 1 saturated heterocycles. The molecule has 4 rings (SSSR count). The van der Waals surface area contributed by atoms with Gasteiger partial charge in [-0.1, -0.05) is 12.1 Å². The van der Waals surface area contributed by atoms with E-state index in [0.717, 1.165) is 55.9 Å². The highest BCUT2D eigenvalue weighted by atomic mass is 16.5. The van der Waals surface area contributed by atoms with Gasteiger partial charge >= 0.3 is 0 Å². The van der Waals surface area contributed by atoms with E-state index in [-0.39, 0.29) is 6.10 Å². The van der Waals surface area contributed by atoms with Crippen LogP contribution in [0.1, 0.15) is 25.7 Å². The topological polar surface area (TPSA) is 47.5 Å². The van der Waals surface area contributed by atoms with E-state index in [0.29, 0.717) is 6.04 Å². The van der Waals surface area contributed by atoms with Gasteiger partial charge in [0.25, 0.3) is 0 Å². The van der Waals surface area contributed by atoms with Crippen molar-refractivity contribution in [2.24, 2.45) is 0 Å². The van der Waals surface area contributed by atoms with Crippen LogP contribution in [0, 0.1) is 0 Å². The van der Waals surface area contributed by atoms with Gasteiger partial charge in [-0.3, -0.25) is 4.90 Å². The molecule has 1 aliphatic carbocycles. The molecule has 2 heterocycles. The Hall–Kier alpha value is -1.72. The first kappa shape index (κ1) is 14.8. The number of morpholine rings is 1. The van der Waals surface area contributed by atoms with Crippen molar-refractivity contribution in [2.75, 3.05) is 26.3 Å². The van der Waals surface area contributed by atoms with Gasteiger partial charge in [0.1, 0.15) is 12.4 Å². The van der Waals surface area contributed by atoms with E-state index < -0.39 is 0 Å². The van der Waals surface area contributed by atoms with Crippen molar-refractivity contribution in [3.8, 4) is 5.88 Å². The van der Waals surface area contributed by atoms with Crippen molar-refractivity contribution in [3.05, 3.63) is 30.6 Å². The lowest BCUT2D eigenvalue weighted by atomic mass is 9.91. The third-order valence-electron chi connectivity index (χ3n) is 4.99. The van der Waals surface area contributed by atoms with Crippen molar-refractivity contribution in [3.63, 3.8) is 0 Å². The van der Waals surface area contributed by atoms with E-state index in [9.17, 15) is 0 Å². The summed E-state index contributed by atoms with van der Waals surface area (Å²) in [5.41, 5.74) is 0.944. The molecule has 1 aliphatic heterocycles. The molecule has 0 bridgehead atoms. The second-order valence-electron chi connectivity index (χ2n) is 6.39. The number of hydrogen-bond acceptors (Lipinski definition) is 5. The predicted molar refractivity (Wildman–Crippen MR) is 88.6 cm³/mol. The molecule has 122 valence electrons. The van der Waals surface area contributed by atoms with Crippen LogP contribution < -0.4 is 4.74 Å². The fourth-order valence-electron chi connectivity index (χ4n) is 3.70. The molecule has 2 aromatic rings. The monoisotopic (exact) mass is 313 g/mol. The molecular formula is C18H23N3O2. The molecule has 1 aromatic heterocycles. The van der Waals surface area contributed by atoms with Crippen LogP contribution in [0.15, 0.2) is 30.6 Å². The van der Waals surface area contributed by atoms with Gasteiger partial charge in [0.05, 0.1) is 24.1 Å². The summed E-state index contributed by atoms with van der Waals surface area (Å²) in [6.07, 6.45) is 6.46. The lowest BCUT2D eigenvalue weighted by Gasteiger charge is -2.38. The second kappa shape index (κ2) is 6.81. The van der Waals surface area contributed by atoms with E-state index in [1.165, 1.54) is 12.8 Å². The highest BCUT2D eigenvalue weighted by Gasteiger charge is 2.28. The second-order valence-corrected chi connectivity index (χ2v) is 6.39. The maximum Gasteiger partial charge on any atom is 0.224 e. The van der Waals surface area contributed by atoms with Crippen molar-refractivity contribution in [1.82, 2.24) is 14.9 Å². The van der Waals surface area contributed by atoms with Crippen LogP contribution in [0.2, 0.25) is 0 Å². The molecule has 2 fully saturated rings. The molecule has 0 N–H and O–H groups in total. The van der Waals surface area contributed by atoms with Gasteiger partial charge in [-0.05, 0) is 37.8 Å². The fraction of sp³-hybridized carbons (Fsp3) is 0.556. The Morgan fingerprint density at radius 1 is 1.00 bits per heavy atom. The fourth-order valence-corrected chi connectivity index (χ4v) is 3.70. The molecule has 0 amide bonds. The van der Waals surface area contributed by atoms with Crippen LogP contribution in [0.3, 0.4) is 0 Å². The van der Waals surface area contributed by atoms with Crippen LogP contribution >= 0.6 is 0 Å². The maximum atomic E-state index is 6.21. The summed E-state index contributed by atoms with van der Waals surface area (Å²) in [6.45, 7) is 3.91. The number of aromatic nitrogens is 2. The van der Waals surface area contributed by atoms with Crippen molar-refractivity contribution >= 4 is 10.9 Å². The number of ether oxygens (including phenoxy) is 2. The van der Waals surface area contributed by atoms with Crippen LogP contribution in [-0.2, 0) is 4.74 Å². The van der Waals surface area contributed by atoms with Crippen LogP contribution in [0.4, 0.5) is 0 Å². The summed E-state index contributed by atoms with van der Waals surface area (Å²) in [4.78, 5) is 11.2. The minimum absolute atomic E-state index is 0.269. The Kier molecular flexibility index (Phi) is 4.39. The first-order valence-electron chi connectivity index (χ1n) is 8.58. The molecule has 0 unspecified atom stereocenters. The first-order chi connectivity index (χ1) is 11.4. The minimum Gasteiger partial charge on any atom is -0.474 e. The van der Waals surface area contributed by atoms with E-state index >= 15 is 0 Å². The average Bonchev–Trinajstić information content (AvgIpc) is 2.63. The van der Waals surface area contributed by atoms with E-state index in [2.05, 4.69) is 14.9 Å². The number of fused-ring (bicyclic) bond motifs is 1. The summed E-state index contributed by atoms with van der Waals surface area (Å²) in [5, 5.41) is 1.00. The third kappa shape index (κ3) is 3.31. The molecule has 1 saturated carbocycles. The molecule has 1 aromatic carbocycles. The summed E-state index contributed by atoms with van der Waals surface area (Å²) in [5.74, 6) is 0.727. The van der Waals surface area contributed by atoms with Crippen LogP contribution in [0.25, 0.3) is 10.9 Å². The molecule has 23 heavy (non-hydrogen) atoms. The third-order valence-corrected chi connectivity index (χ3v) is 4.99. The van der Waals surface area contributed by atoms with Crippen molar-refractivity contribution in [1.29, 1.82) is 0 Å². The average molecular weight is 313 g/mol. The Balaban J connectivity index is 1.39. The highest BCUT2D eigenvalue weighted by Crippen LogP contribution is 2.29. The standard InChI is InChI=1S/C18H23N3O2/c1-2-4-17-16(3-1)18(20-13-19-17)23-15-7-5-14(6-8-15)21-9-11-22-12-10-21/h1-4,13-15H,5-12H2. The summed E-state index contributed by atoms with van der Waals surface area (Å²) in [7, 11) is 0. The predicted octanol–water partition coefficient (Wildman–Crippen LogP) is 2.65. The number of rotatable bonds is 3. The quantitative estimate of drug-likeness (QED) is 0.872. The van der Waals surface area contributed by atoms with Gasteiger partial charge in [-0.25, -0.2) is 9.97 Å². The number of para-hydroxylation sites is 1.